The van der Waals surface area contributed by atoms with Crippen LogP contribution in [-0.4, -0.2) is 24.8 Å². The number of ether oxygens (including phenoxy) is 1. The third kappa shape index (κ3) is 3.34. The van der Waals surface area contributed by atoms with Gasteiger partial charge in [0, 0.05) is 0 Å². The summed E-state index contributed by atoms with van der Waals surface area (Å²) in [6.45, 7) is -0.0870. The molecule has 0 bridgehead atoms. The summed E-state index contributed by atoms with van der Waals surface area (Å²) in [6, 6.07) is 6.86. The van der Waals surface area contributed by atoms with Crippen molar-refractivity contribution in [2.75, 3.05) is 13.7 Å². The predicted molar refractivity (Wildman–Crippen MR) is 56.2 cm³/mol. The van der Waals surface area contributed by atoms with Gasteiger partial charge in [0.1, 0.15) is 0 Å². The lowest BCUT2D eigenvalue weighted by atomic mass is 10.0. The molecule has 0 heterocycles. The third-order valence-corrected chi connectivity index (χ3v) is 2.18. The van der Waals surface area contributed by atoms with Gasteiger partial charge in [0.25, 0.3) is 0 Å². The van der Waals surface area contributed by atoms with Crippen LogP contribution in [0.3, 0.4) is 0 Å². The molecule has 1 rings (SSSR count). The lowest BCUT2D eigenvalue weighted by Gasteiger charge is -2.08. The summed E-state index contributed by atoms with van der Waals surface area (Å²) in [5.74, 6) is -0.269. The van der Waals surface area contributed by atoms with E-state index in [0.29, 0.717) is 0 Å². The Hall–Kier alpha value is -1.39. The maximum absolute atomic E-state index is 11.0. The highest BCUT2D eigenvalue weighted by atomic mass is 16.5. The van der Waals surface area contributed by atoms with Crippen LogP contribution < -0.4 is 5.73 Å². The van der Waals surface area contributed by atoms with Crippen molar-refractivity contribution in [3.8, 4) is 0 Å². The minimum atomic E-state index is -0.364. The Morgan fingerprint density at radius 1 is 1.47 bits per heavy atom. The van der Waals surface area contributed by atoms with E-state index in [4.69, 9.17) is 10.8 Å². The Labute approximate surface area is 88.7 Å². The van der Waals surface area contributed by atoms with Crippen LogP contribution in [0.5, 0.6) is 0 Å². The van der Waals surface area contributed by atoms with Gasteiger partial charge in [0.15, 0.2) is 0 Å². The predicted octanol–water partition coefficient (Wildman–Crippen LogP) is 0.394. The van der Waals surface area contributed by atoms with E-state index in [2.05, 4.69) is 4.74 Å². The fraction of sp³-hybridized carbons (Fsp3) is 0.364. The summed E-state index contributed by atoms with van der Waals surface area (Å²) >= 11 is 0. The Morgan fingerprint density at radius 3 is 2.53 bits per heavy atom. The number of carbonyl (C=O) groups is 1. The molecule has 0 amide bonds. The Bertz CT molecular complexity index is 321. The van der Waals surface area contributed by atoms with Crippen molar-refractivity contribution in [1.82, 2.24) is 0 Å². The van der Waals surface area contributed by atoms with Crippen molar-refractivity contribution < 1.29 is 14.6 Å². The second-order valence-corrected chi connectivity index (χ2v) is 3.28. The number of esters is 1. The van der Waals surface area contributed by atoms with Crippen LogP contribution in [0.25, 0.3) is 0 Å². The van der Waals surface area contributed by atoms with Gasteiger partial charge in [-0.3, -0.25) is 4.79 Å². The molecule has 1 atom stereocenters. The highest BCUT2D eigenvalue weighted by molar-refractivity contribution is 5.72. The molecule has 82 valence electrons. The maximum Gasteiger partial charge on any atom is 0.309 e. The molecule has 4 nitrogen and oxygen atoms in total. The van der Waals surface area contributed by atoms with E-state index in [-0.39, 0.29) is 25.0 Å². The van der Waals surface area contributed by atoms with Crippen molar-refractivity contribution in [1.29, 1.82) is 0 Å². The van der Waals surface area contributed by atoms with Gasteiger partial charge >= 0.3 is 5.97 Å². The van der Waals surface area contributed by atoms with E-state index in [0.717, 1.165) is 11.1 Å². The highest BCUT2D eigenvalue weighted by Crippen LogP contribution is 2.11. The van der Waals surface area contributed by atoms with Gasteiger partial charge in [-0.05, 0) is 11.1 Å². The van der Waals surface area contributed by atoms with Gasteiger partial charge in [0.2, 0.25) is 0 Å². The van der Waals surface area contributed by atoms with Crippen LogP contribution in [-0.2, 0) is 16.0 Å². The van der Waals surface area contributed by atoms with Crippen molar-refractivity contribution in [3.05, 3.63) is 35.4 Å². The van der Waals surface area contributed by atoms with Crippen LogP contribution in [0.15, 0.2) is 24.3 Å². The zero-order chi connectivity index (χ0) is 11.3. The van der Waals surface area contributed by atoms with Gasteiger partial charge in [-0.1, -0.05) is 24.3 Å². The molecule has 0 aliphatic carbocycles. The third-order valence-electron chi connectivity index (χ3n) is 2.18. The molecular formula is C11H15NO3. The number of benzene rings is 1. The van der Waals surface area contributed by atoms with Gasteiger partial charge in [-0.25, -0.2) is 0 Å². The molecular weight excluding hydrogens is 194 g/mol. The summed E-state index contributed by atoms with van der Waals surface area (Å²) in [5.41, 5.74) is 7.35. The van der Waals surface area contributed by atoms with Crippen LogP contribution in [0.1, 0.15) is 17.2 Å². The smallest absolute Gasteiger partial charge is 0.309 e. The fourth-order valence-electron chi connectivity index (χ4n) is 1.23. The van der Waals surface area contributed by atoms with E-state index in [1.54, 1.807) is 12.1 Å². The van der Waals surface area contributed by atoms with E-state index in [1.165, 1.54) is 7.11 Å². The standard InChI is InChI=1S/C11H15NO3/c1-15-11(14)6-8-2-4-9(5-3-8)10(12)7-13/h2-5,10,13H,6-7,12H2,1H3/t10-/m1/s1. The summed E-state index contributed by atoms with van der Waals surface area (Å²) < 4.78 is 4.55. The summed E-state index contributed by atoms with van der Waals surface area (Å²) in [6.07, 6.45) is 0.255. The second kappa shape index (κ2) is 5.48. The Morgan fingerprint density at radius 2 is 2.07 bits per heavy atom. The molecule has 1 aromatic rings. The first-order chi connectivity index (χ1) is 7.17. The molecule has 0 saturated carbocycles. The van der Waals surface area contributed by atoms with Crippen LogP contribution in [0, 0.1) is 0 Å². The fourth-order valence-corrected chi connectivity index (χ4v) is 1.23. The molecule has 4 heteroatoms. The quantitative estimate of drug-likeness (QED) is 0.704. The second-order valence-electron chi connectivity index (χ2n) is 3.28. The first-order valence-corrected chi connectivity index (χ1v) is 4.69. The lowest BCUT2D eigenvalue weighted by molar-refractivity contribution is -0.139. The molecule has 0 fully saturated rings. The number of aliphatic hydroxyl groups is 1. The average molecular weight is 209 g/mol. The summed E-state index contributed by atoms with van der Waals surface area (Å²) in [5, 5.41) is 8.84. The summed E-state index contributed by atoms with van der Waals surface area (Å²) in [7, 11) is 1.36. The molecule has 0 radical (unpaired) electrons. The SMILES string of the molecule is COC(=O)Cc1ccc([C@H](N)CO)cc1. The molecule has 15 heavy (non-hydrogen) atoms. The van der Waals surface area contributed by atoms with E-state index < -0.39 is 0 Å². The topological polar surface area (TPSA) is 72.5 Å². The van der Waals surface area contributed by atoms with E-state index in [1.807, 2.05) is 12.1 Å². The van der Waals surface area contributed by atoms with E-state index in [9.17, 15) is 4.79 Å². The minimum Gasteiger partial charge on any atom is -0.469 e. The molecule has 0 aromatic heterocycles. The van der Waals surface area contributed by atoms with Gasteiger partial charge in [-0.15, -0.1) is 0 Å². The van der Waals surface area contributed by atoms with Crippen molar-refractivity contribution in [2.24, 2.45) is 5.73 Å². The van der Waals surface area contributed by atoms with E-state index >= 15 is 0 Å². The largest absolute Gasteiger partial charge is 0.469 e. The maximum atomic E-state index is 11.0. The number of carbonyl (C=O) groups excluding carboxylic acids is 1. The number of nitrogens with two attached hydrogens (primary N) is 1. The number of methoxy groups -OCH3 is 1. The highest BCUT2D eigenvalue weighted by Gasteiger charge is 2.05. The van der Waals surface area contributed by atoms with Crippen molar-refractivity contribution in [2.45, 2.75) is 12.5 Å². The lowest BCUT2D eigenvalue weighted by Crippen LogP contribution is -2.14. The molecule has 0 spiro atoms. The molecule has 0 aliphatic rings. The molecule has 0 saturated heterocycles. The molecule has 3 N–H and O–H groups in total. The molecule has 0 aliphatic heterocycles. The van der Waals surface area contributed by atoms with Gasteiger partial charge in [0.05, 0.1) is 26.2 Å². The zero-order valence-electron chi connectivity index (χ0n) is 8.64. The van der Waals surface area contributed by atoms with Crippen molar-refractivity contribution in [3.63, 3.8) is 0 Å². The van der Waals surface area contributed by atoms with Crippen LogP contribution in [0.2, 0.25) is 0 Å². The first kappa shape index (κ1) is 11.7. The minimum absolute atomic E-state index is 0.0870. The number of hydrogen-bond donors (Lipinski definition) is 2. The molecule has 0 unspecified atom stereocenters. The number of aliphatic hydroxyl groups excluding tert-OH is 1. The normalized spacial score (nSPS) is 12.2. The van der Waals surface area contributed by atoms with Crippen LogP contribution >= 0.6 is 0 Å². The van der Waals surface area contributed by atoms with Gasteiger partial charge < -0.3 is 15.6 Å². The van der Waals surface area contributed by atoms with Crippen molar-refractivity contribution >= 4 is 5.97 Å². The summed E-state index contributed by atoms with van der Waals surface area (Å²) in [4.78, 5) is 11.0. The Kier molecular flexibility index (Phi) is 4.27. The average Bonchev–Trinajstić information content (AvgIpc) is 2.29. The Balaban J connectivity index is 2.68. The monoisotopic (exact) mass is 209 g/mol. The number of hydrogen-bond acceptors (Lipinski definition) is 4. The molecule has 1 aromatic carbocycles. The zero-order valence-corrected chi connectivity index (χ0v) is 8.64. The first-order valence-electron chi connectivity index (χ1n) is 4.69. The number of rotatable bonds is 4. The van der Waals surface area contributed by atoms with Crippen LogP contribution in [0.4, 0.5) is 0 Å². The van der Waals surface area contributed by atoms with Gasteiger partial charge in [-0.2, -0.15) is 0 Å².